The molecule has 0 rings (SSSR count). The molecule has 22 heavy (non-hydrogen) atoms. The van der Waals surface area contributed by atoms with Crippen LogP contribution >= 0.6 is 136 Å². The van der Waals surface area contributed by atoms with Gasteiger partial charge in [0.1, 0.15) is 0 Å². The fourth-order valence-electron chi connectivity index (χ4n) is 0.189. The normalized spacial score (nSPS) is 12.8. The Bertz CT molecular complexity index is 273. The fourth-order valence-corrected chi connectivity index (χ4v) is 1.27. The van der Waals surface area contributed by atoms with E-state index in [9.17, 15) is 29.7 Å². The number of halogens is 6. The zero-order valence-corrected chi connectivity index (χ0v) is 24.7. The molecule has 0 fully saturated rings. The van der Waals surface area contributed by atoms with Crippen molar-refractivity contribution in [2.45, 2.75) is 11.8 Å². The van der Waals surface area contributed by atoms with Gasteiger partial charge in [-0.05, 0) is 0 Å². The first-order valence-corrected chi connectivity index (χ1v) is 13.1. The van der Waals surface area contributed by atoms with Crippen LogP contribution in [0.4, 0.5) is 0 Å². The summed E-state index contributed by atoms with van der Waals surface area (Å²) >= 11 is 11.5. The predicted octanol–water partition coefficient (Wildman–Crippen LogP) is -0.456. The van der Waals surface area contributed by atoms with Crippen molar-refractivity contribution in [1.29, 1.82) is 0 Å². The summed E-state index contributed by atoms with van der Waals surface area (Å²) in [4.78, 5) is 29.4. The van der Waals surface area contributed by atoms with Gasteiger partial charge in [-0.3, -0.25) is 0 Å². The number of carbonyl (C=O) groups is 3. The molecule has 0 aromatic carbocycles. The second-order valence-corrected chi connectivity index (χ2v) is 9.98. The van der Waals surface area contributed by atoms with E-state index in [-0.39, 0.29) is 29.1 Å². The molecule has 0 heterocycles. The molecule has 0 amide bonds. The minimum Gasteiger partial charge on any atom is -0.549 e. The molecule has 0 aliphatic heterocycles. The predicted molar refractivity (Wildman–Crippen MR) is 131 cm³/mol. The van der Waals surface area contributed by atoms with Crippen LogP contribution in [0.1, 0.15) is 0 Å². The van der Waals surface area contributed by atoms with Gasteiger partial charge >= 0.3 is 17.4 Å². The van der Waals surface area contributed by atoms with Gasteiger partial charge in [0, 0.05) is 13.3 Å². The molecule has 0 bridgehead atoms. The van der Waals surface area contributed by atoms with Crippen LogP contribution in [0.3, 0.4) is 0 Å². The maximum atomic E-state index is 9.81. The van der Waals surface area contributed by atoms with E-state index < -0.39 is 17.9 Å². The Labute approximate surface area is 221 Å². The molecule has 0 aliphatic rings. The average molecular weight is 1000 g/mol. The third-order valence-electron chi connectivity index (χ3n) is 1.17. The first-order valence-electron chi connectivity index (χ1n) is 4.77. The number of carboxylic acids is 3. The van der Waals surface area contributed by atoms with Gasteiger partial charge in [0.05, 0.1) is 29.7 Å². The van der Waals surface area contributed by atoms with E-state index in [4.69, 9.17) is 0 Å². The molecular weight excluding hydrogens is 992 g/mol. The number of carbonyl (C=O) groups excluding carboxylic acids is 3. The fraction of sp³-hybridized carbons (Fsp3) is 0.667. The summed E-state index contributed by atoms with van der Waals surface area (Å²) in [6.45, 7) is 0. The molecule has 0 aromatic rings. The van der Waals surface area contributed by atoms with E-state index in [2.05, 4.69) is 0 Å². The van der Waals surface area contributed by atoms with Gasteiger partial charge < -0.3 is 29.7 Å². The summed E-state index contributed by atoms with van der Waals surface area (Å²) in [7, 11) is 0. The van der Waals surface area contributed by atoms with Crippen molar-refractivity contribution in [2.75, 3.05) is 13.3 Å². The zero-order valence-electron chi connectivity index (χ0n) is 10.6. The Morgan fingerprint density at radius 3 is 0.773 bits per heavy atom. The van der Waals surface area contributed by atoms with Crippen LogP contribution in [-0.4, -0.2) is 60.3 Å². The van der Waals surface area contributed by atoms with E-state index in [0.717, 1.165) is 0 Å². The second kappa shape index (κ2) is 22.4. The average Bonchev–Trinajstić information content (AvgIpc) is 2.45. The monoisotopic (exact) mass is 1000 g/mol. The SMILES string of the molecule is O=C([O-])C(I)CI.O=C([O-])C(I)CI.O=C([O-])C(I)CI.[Al+3]. The molecule has 0 spiro atoms. The van der Waals surface area contributed by atoms with Crippen molar-refractivity contribution in [2.24, 2.45) is 0 Å². The number of hydrogen-bond acceptors (Lipinski definition) is 6. The summed E-state index contributed by atoms with van der Waals surface area (Å²) in [6.07, 6.45) is 0. The number of hydrogen-bond donors (Lipinski definition) is 0. The first kappa shape index (κ1) is 32.9. The third-order valence-corrected chi connectivity index (χ3v) is 11.7. The molecule has 6 nitrogen and oxygen atoms in total. The van der Waals surface area contributed by atoms with Gasteiger partial charge in [-0.15, -0.1) is 0 Å². The Hall–Kier alpha value is 3.32. The van der Waals surface area contributed by atoms with E-state index in [1.165, 1.54) is 0 Å². The summed E-state index contributed by atoms with van der Waals surface area (Å²) in [5.74, 6) is -2.93. The maximum Gasteiger partial charge on any atom is 3.00 e. The van der Waals surface area contributed by atoms with Gasteiger partial charge in [-0.25, -0.2) is 0 Å². The van der Waals surface area contributed by atoms with Gasteiger partial charge in [0.25, 0.3) is 0 Å². The molecular formula is C9H9AlI6O6. The van der Waals surface area contributed by atoms with E-state index in [0.29, 0.717) is 13.3 Å². The Balaban J connectivity index is -0.000000108. The first-order chi connectivity index (χ1) is 9.54. The van der Waals surface area contributed by atoms with Crippen LogP contribution in [0, 0.1) is 0 Å². The molecule has 126 valence electrons. The zero-order chi connectivity index (χ0) is 17.6. The molecule has 0 aromatic heterocycles. The Morgan fingerprint density at radius 1 is 0.636 bits per heavy atom. The second-order valence-electron chi connectivity index (χ2n) is 2.82. The van der Waals surface area contributed by atoms with Gasteiger partial charge in [0.2, 0.25) is 0 Å². The van der Waals surface area contributed by atoms with Crippen molar-refractivity contribution < 1.29 is 29.7 Å². The summed E-state index contributed by atoms with van der Waals surface area (Å²) in [5.41, 5.74) is 0. The van der Waals surface area contributed by atoms with Crippen molar-refractivity contribution in [3.63, 3.8) is 0 Å². The topological polar surface area (TPSA) is 120 Å². The van der Waals surface area contributed by atoms with Crippen molar-refractivity contribution >= 4 is 171 Å². The number of alkyl halides is 6. The summed E-state index contributed by atoms with van der Waals surface area (Å²) in [5, 5.41) is 29.4. The molecule has 3 unspecified atom stereocenters. The number of aliphatic carboxylic acids is 3. The molecule has 13 heteroatoms. The molecule has 0 saturated carbocycles. The maximum absolute atomic E-state index is 9.81. The molecule has 3 atom stereocenters. The molecule has 0 saturated heterocycles. The summed E-state index contributed by atoms with van der Waals surface area (Å²) < 4.78 is 0.830. The van der Waals surface area contributed by atoms with Crippen LogP contribution in [0.2, 0.25) is 0 Å². The number of carboxylic acid groups (broad SMARTS) is 3. The van der Waals surface area contributed by atoms with Crippen molar-refractivity contribution in [3.05, 3.63) is 0 Å². The van der Waals surface area contributed by atoms with E-state index >= 15 is 0 Å². The summed E-state index contributed by atoms with van der Waals surface area (Å²) in [6, 6.07) is 0. The minimum absolute atomic E-state index is 0. The third kappa shape index (κ3) is 25.6. The van der Waals surface area contributed by atoms with E-state index in [1.807, 2.05) is 136 Å². The Kier molecular flexibility index (Phi) is 33.5. The Morgan fingerprint density at radius 2 is 0.773 bits per heavy atom. The van der Waals surface area contributed by atoms with Gasteiger partial charge in [0.15, 0.2) is 0 Å². The van der Waals surface area contributed by atoms with Crippen LogP contribution in [0.15, 0.2) is 0 Å². The van der Waals surface area contributed by atoms with Crippen LogP contribution in [-0.2, 0) is 14.4 Å². The van der Waals surface area contributed by atoms with Gasteiger partial charge in [-0.2, -0.15) is 0 Å². The van der Waals surface area contributed by atoms with Gasteiger partial charge in [-0.1, -0.05) is 136 Å². The van der Waals surface area contributed by atoms with Crippen LogP contribution in [0.25, 0.3) is 0 Å². The van der Waals surface area contributed by atoms with Crippen molar-refractivity contribution in [1.82, 2.24) is 0 Å². The molecule has 0 aliphatic carbocycles. The van der Waals surface area contributed by atoms with E-state index in [1.54, 1.807) is 0 Å². The minimum atomic E-state index is -0.977. The van der Waals surface area contributed by atoms with Crippen LogP contribution in [0.5, 0.6) is 0 Å². The standard InChI is InChI=1S/3C3H4I2O2.Al/c3*4-1-2(5)3(6)7;/h3*2H,1H2,(H,6,7);/q;;;+3/p-3. The largest absolute Gasteiger partial charge is 3.00 e. The quantitative estimate of drug-likeness (QED) is 0.202. The molecule has 0 radical (unpaired) electrons. The van der Waals surface area contributed by atoms with Crippen LogP contribution < -0.4 is 15.3 Å². The van der Waals surface area contributed by atoms with Crippen molar-refractivity contribution in [3.8, 4) is 0 Å². The molecule has 0 N–H and O–H groups in total. The smallest absolute Gasteiger partial charge is 0.549 e. The number of rotatable bonds is 6.